The number of hydrogen-bond donors (Lipinski definition) is 2. The van der Waals surface area contributed by atoms with Gasteiger partial charge in [-0.2, -0.15) is 0 Å². The second-order valence-electron chi connectivity index (χ2n) is 6.77. The minimum atomic E-state index is -0.865. The first-order chi connectivity index (χ1) is 10.9. The van der Waals surface area contributed by atoms with Crippen molar-refractivity contribution in [3.63, 3.8) is 0 Å². The molecule has 1 saturated heterocycles. The zero-order valence-corrected chi connectivity index (χ0v) is 13.3. The van der Waals surface area contributed by atoms with Crippen molar-refractivity contribution in [2.45, 2.75) is 37.0 Å². The molecule has 23 heavy (non-hydrogen) atoms. The van der Waals surface area contributed by atoms with Gasteiger partial charge >= 0.3 is 0 Å². The summed E-state index contributed by atoms with van der Waals surface area (Å²) >= 11 is 0. The lowest BCUT2D eigenvalue weighted by atomic mass is 9.72. The second-order valence-corrected chi connectivity index (χ2v) is 6.77. The Balaban J connectivity index is 1.47. The molecule has 1 aliphatic heterocycles. The van der Waals surface area contributed by atoms with Gasteiger partial charge in [0.25, 0.3) is 5.91 Å². The first kappa shape index (κ1) is 16.4. The van der Waals surface area contributed by atoms with Crippen LogP contribution in [0.5, 0.6) is 0 Å². The number of carbonyl (C=O) groups is 1. The predicted octanol–water partition coefficient (Wildman–Crippen LogP) is 0.709. The average Bonchev–Trinajstić information content (AvgIpc) is 2.45. The van der Waals surface area contributed by atoms with E-state index in [1.54, 1.807) is 12.1 Å². The molecule has 0 aromatic heterocycles. The number of nitrogens with one attached hydrogen (secondary N) is 1. The summed E-state index contributed by atoms with van der Waals surface area (Å²) in [4.78, 5) is 14.2. The van der Waals surface area contributed by atoms with Crippen LogP contribution in [-0.2, 0) is 16.0 Å². The van der Waals surface area contributed by atoms with E-state index in [0.717, 1.165) is 12.1 Å². The van der Waals surface area contributed by atoms with Gasteiger partial charge in [0.05, 0.1) is 12.2 Å². The standard InChI is InChI=1S/C17H23FN2O3/c1-20-5-6-23-15(11-20)16(21)19-14-9-17(22,10-14)8-12-3-2-4-13(18)7-12/h2-4,7,14-15,22H,5-6,8-11H2,1H3,(H,19,21). The number of rotatable bonds is 4. The number of morpholine rings is 1. The highest BCUT2D eigenvalue weighted by Crippen LogP contribution is 2.35. The van der Waals surface area contributed by atoms with Gasteiger partial charge in [0.15, 0.2) is 0 Å². The molecule has 0 spiro atoms. The second kappa shape index (κ2) is 6.55. The van der Waals surface area contributed by atoms with Gasteiger partial charge in [0, 0.05) is 25.6 Å². The summed E-state index contributed by atoms with van der Waals surface area (Å²) in [6, 6.07) is 6.23. The van der Waals surface area contributed by atoms with Crippen LogP contribution in [0, 0.1) is 5.82 Å². The van der Waals surface area contributed by atoms with Crippen LogP contribution in [-0.4, -0.2) is 60.4 Å². The summed E-state index contributed by atoms with van der Waals surface area (Å²) < 4.78 is 18.7. The van der Waals surface area contributed by atoms with Crippen LogP contribution < -0.4 is 5.32 Å². The monoisotopic (exact) mass is 322 g/mol. The lowest BCUT2D eigenvalue weighted by Gasteiger charge is -2.44. The van der Waals surface area contributed by atoms with Gasteiger partial charge in [-0.05, 0) is 37.6 Å². The van der Waals surface area contributed by atoms with Crippen LogP contribution in [0.4, 0.5) is 4.39 Å². The van der Waals surface area contributed by atoms with Crippen LogP contribution >= 0.6 is 0 Å². The molecule has 1 aromatic carbocycles. The number of hydrogen-bond acceptors (Lipinski definition) is 4. The molecule has 1 saturated carbocycles. The summed E-state index contributed by atoms with van der Waals surface area (Å²) in [7, 11) is 1.96. The third-order valence-electron chi connectivity index (χ3n) is 4.58. The molecule has 1 aromatic rings. The number of likely N-dealkylation sites (N-methyl/N-ethyl adjacent to an activating group) is 1. The van der Waals surface area contributed by atoms with E-state index in [1.807, 2.05) is 7.05 Å². The van der Waals surface area contributed by atoms with E-state index in [4.69, 9.17) is 4.74 Å². The highest BCUT2D eigenvalue weighted by Gasteiger charge is 2.44. The van der Waals surface area contributed by atoms with Crippen LogP contribution in [0.2, 0.25) is 0 Å². The van der Waals surface area contributed by atoms with Gasteiger partial charge in [-0.1, -0.05) is 12.1 Å². The van der Waals surface area contributed by atoms with Crippen molar-refractivity contribution in [3.8, 4) is 0 Å². The zero-order valence-electron chi connectivity index (χ0n) is 13.3. The Morgan fingerprint density at radius 1 is 1.52 bits per heavy atom. The number of carbonyl (C=O) groups excluding carboxylic acids is 1. The highest BCUT2D eigenvalue weighted by molar-refractivity contribution is 5.81. The Morgan fingerprint density at radius 3 is 3.00 bits per heavy atom. The van der Waals surface area contributed by atoms with E-state index in [2.05, 4.69) is 10.2 Å². The number of ether oxygens (including phenoxy) is 1. The topological polar surface area (TPSA) is 61.8 Å². The molecule has 5 nitrogen and oxygen atoms in total. The summed E-state index contributed by atoms with van der Waals surface area (Å²) in [5.41, 5.74) is -0.0924. The average molecular weight is 322 g/mol. The summed E-state index contributed by atoms with van der Waals surface area (Å²) in [5.74, 6) is -0.414. The molecule has 1 unspecified atom stereocenters. The minimum absolute atomic E-state index is 0.0445. The molecule has 6 heteroatoms. The minimum Gasteiger partial charge on any atom is -0.389 e. The summed E-state index contributed by atoms with van der Waals surface area (Å²) in [5, 5.41) is 13.4. The predicted molar refractivity (Wildman–Crippen MR) is 83.5 cm³/mol. The Bertz CT molecular complexity index is 575. The highest BCUT2D eigenvalue weighted by atomic mass is 19.1. The van der Waals surface area contributed by atoms with Gasteiger partial charge in [-0.15, -0.1) is 0 Å². The maximum absolute atomic E-state index is 13.2. The van der Waals surface area contributed by atoms with Gasteiger partial charge < -0.3 is 20.1 Å². The van der Waals surface area contributed by atoms with E-state index < -0.39 is 11.7 Å². The van der Waals surface area contributed by atoms with Gasteiger partial charge in [-0.25, -0.2) is 4.39 Å². The smallest absolute Gasteiger partial charge is 0.250 e. The lowest BCUT2D eigenvalue weighted by Crippen LogP contribution is -2.59. The number of halogens is 1. The Labute approximate surface area is 135 Å². The van der Waals surface area contributed by atoms with Crippen molar-refractivity contribution in [2.24, 2.45) is 0 Å². The van der Waals surface area contributed by atoms with Gasteiger partial charge in [0.2, 0.25) is 0 Å². The molecule has 1 atom stereocenters. The van der Waals surface area contributed by atoms with Crippen molar-refractivity contribution in [3.05, 3.63) is 35.6 Å². The first-order valence-electron chi connectivity index (χ1n) is 8.01. The molecule has 2 N–H and O–H groups in total. The van der Waals surface area contributed by atoms with E-state index in [1.165, 1.54) is 12.1 Å². The van der Waals surface area contributed by atoms with Crippen LogP contribution in [0.1, 0.15) is 18.4 Å². The van der Waals surface area contributed by atoms with Crippen molar-refractivity contribution in [1.82, 2.24) is 10.2 Å². The number of amides is 1. The quantitative estimate of drug-likeness (QED) is 0.857. The third kappa shape index (κ3) is 4.07. The molecule has 1 aliphatic carbocycles. The molecule has 0 radical (unpaired) electrons. The molecule has 0 bridgehead atoms. The van der Waals surface area contributed by atoms with Gasteiger partial charge in [-0.3, -0.25) is 4.79 Å². The normalized spacial score (nSPS) is 31.4. The van der Waals surface area contributed by atoms with Crippen LogP contribution in [0.25, 0.3) is 0 Å². The number of nitrogens with zero attached hydrogens (tertiary/aromatic N) is 1. The largest absolute Gasteiger partial charge is 0.389 e. The van der Waals surface area contributed by atoms with E-state index in [9.17, 15) is 14.3 Å². The van der Waals surface area contributed by atoms with E-state index >= 15 is 0 Å². The Kier molecular flexibility index (Phi) is 4.66. The molecule has 1 heterocycles. The first-order valence-corrected chi connectivity index (χ1v) is 8.01. The fraction of sp³-hybridized carbons (Fsp3) is 0.588. The van der Waals surface area contributed by atoms with Crippen molar-refractivity contribution in [2.75, 3.05) is 26.7 Å². The van der Waals surface area contributed by atoms with Crippen molar-refractivity contribution in [1.29, 1.82) is 0 Å². The van der Waals surface area contributed by atoms with Crippen LogP contribution in [0.3, 0.4) is 0 Å². The fourth-order valence-corrected chi connectivity index (χ4v) is 3.36. The molecule has 2 aliphatic rings. The summed E-state index contributed by atoms with van der Waals surface area (Å²) in [6.07, 6.45) is 0.931. The Hall–Kier alpha value is -1.50. The fourth-order valence-electron chi connectivity index (χ4n) is 3.36. The van der Waals surface area contributed by atoms with Crippen molar-refractivity contribution < 1.29 is 19.0 Å². The number of benzene rings is 1. The van der Waals surface area contributed by atoms with Gasteiger partial charge in [0.1, 0.15) is 11.9 Å². The maximum Gasteiger partial charge on any atom is 0.250 e. The molecule has 126 valence electrons. The Morgan fingerprint density at radius 2 is 2.30 bits per heavy atom. The molecular weight excluding hydrogens is 299 g/mol. The van der Waals surface area contributed by atoms with E-state index in [-0.39, 0.29) is 17.8 Å². The SMILES string of the molecule is CN1CCOC(C(=O)NC2CC(O)(Cc3cccc(F)c3)C2)C1. The maximum atomic E-state index is 13.2. The van der Waals surface area contributed by atoms with Crippen molar-refractivity contribution >= 4 is 5.91 Å². The molecule has 2 fully saturated rings. The van der Waals surface area contributed by atoms with Crippen LogP contribution in [0.15, 0.2) is 24.3 Å². The third-order valence-corrected chi connectivity index (χ3v) is 4.58. The molecule has 3 rings (SSSR count). The zero-order chi connectivity index (χ0) is 16.4. The van der Waals surface area contributed by atoms with E-state index in [0.29, 0.717) is 32.4 Å². The number of aliphatic hydroxyl groups is 1. The lowest BCUT2D eigenvalue weighted by molar-refractivity contribution is -0.142. The summed E-state index contributed by atoms with van der Waals surface area (Å²) in [6.45, 7) is 1.98. The molecular formula is C17H23FN2O3. The molecule has 1 amide bonds.